The average molecular weight is 1060 g/mol. The third-order valence-corrected chi connectivity index (χ3v) is 14.6. The van der Waals surface area contributed by atoms with E-state index < -0.39 is 120 Å². The van der Waals surface area contributed by atoms with E-state index in [2.05, 4.69) is 15.5 Å². The Bertz CT molecular complexity index is 2740. The molecule has 0 aromatic heterocycles. The Morgan fingerprint density at radius 2 is 1.63 bits per heavy atom. The van der Waals surface area contributed by atoms with Crippen molar-refractivity contribution in [1.29, 1.82) is 0 Å². The van der Waals surface area contributed by atoms with Gasteiger partial charge in [-0.1, -0.05) is 31.2 Å². The molecule has 7 N–H and O–H groups in total. The molecule has 5 aliphatic rings. The minimum atomic E-state index is -2.44. The van der Waals surface area contributed by atoms with Crippen LogP contribution in [0.15, 0.2) is 42.5 Å². The number of nitrogens with zero attached hydrogens (tertiary/aromatic N) is 3. The molecule has 0 radical (unpaired) electrons. The van der Waals surface area contributed by atoms with Gasteiger partial charge in [-0.2, -0.15) is 0 Å². The topological polar surface area (TPSA) is 314 Å². The SMILES string of the molecule is COc1cccc2c1C(=O)c1c(O)c3c(c(O)c1C2=O)C[C@@](O)(C(=O)COC(=O)N(C)CCN(C)C(=O)OCc1ccc(NC(=O)[C@@H](C)CCCNC(N)=O)cc1)C[C@@H]3O[C@H]1C[C@H]2[C@H](O[C@@H]3[C@@H](OC)OCCN32)[C@H](C)O1. The van der Waals surface area contributed by atoms with Crippen molar-refractivity contribution in [1.82, 2.24) is 20.0 Å². The van der Waals surface area contributed by atoms with Crippen LogP contribution in [-0.2, 0) is 55.8 Å². The summed E-state index contributed by atoms with van der Waals surface area (Å²) in [6.45, 7) is 3.67. The summed E-state index contributed by atoms with van der Waals surface area (Å²) in [5, 5.41) is 41.8. The van der Waals surface area contributed by atoms with Crippen molar-refractivity contribution < 1.29 is 86.8 Å². The number of benzene rings is 3. The number of hydrogen-bond acceptors (Lipinski definition) is 19. The first-order valence-electron chi connectivity index (χ1n) is 24.9. The molecule has 0 saturated carbocycles. The minimum Gasteiger partial charge on any atom is -0.507 e. The van der Waals surface area contributed by atoms with E-state index in [-0.39, 0.29) is 72.0 Å². The number of nitrogens with one attached hydrogen (secondary N) is 2. The van der Waals surface area contributed by atoms with Gasteiger partial charge in [-0.15, -0.1) is 0 Å². The summed E-state index contributed by atoms with van der Waals surface area (Å²) in [5.74, 6) is -4.55. The maximum Gasteiger partial charge on any atom is 0.409 e. The van der Waals surface area contributed by atoms with Gasteiger partial charge < -0.3 is 79.4 Å². The van der Waals surface area contributed by atoms with Gasteiger partial charge in [-0.3, -0.25) is 24.1 Å². The molecule has 3 aromatic rings. The van der Waals surface area contributed by atoms with Crippen molar-refractivity contribution in [3.63, 3.8) is 0 Å². The van der Waals surface area contributed by atoms with Crippen LogP contribution in [0, 0.1) is 5.92 Å². The van der Waals surface area contributed by atoms with Crippen molar-refractivity contribution in [2.75, 3.05) is 73.0 Å². The highest BCUT2D eigenvalue weighted by molar-refractivity contribution is 6.31. The molecule has 3 fully saturated rings. The lowest BCUT2D eigenvalue weighted by atomic mass is 9.72. The molecule has 0 unspecified atom stereocenters. The molecule has 0 bridgehead atoms. The minimum absolute atomic E-state index is 0.0137. The summed E-state index contributed by atoms with van der Waals surface area (Å²) in [7, 11) is 5.67. The maximum absolute atomic E-state index is 14.3. The van der Waals surface area contributed by atoms with E-state index in [1.165, 1.54) is 51.4 Å². The number of amides is 5. The van der Waals surface area contributed by atoms with E-state index in [0.29, 0.717) is 43.8 Å². The maximum atomic E-state index is 14.3. The number of carbonyl (C=O) groups excluding carboxylic acids is 7. The van der Waals surface area contributed by atoms with E-state index >= 15 is 0 Å². The van der Waals surface area contributed by atoms with E-state index in [1.54, 1.807) is 38.1 Å². The van der Waals surface area contributed by atoms with Crippen molar-refractivity contribution in [3.05, 3.63) is 81.4 Å². The van der Waals surface area contributed by atoms with Gasteiger partial charge in [0.05, 0.1) is 42.6 Å². The summed E-state index contributed by atoms with van der Waals surface area (Å²) in [5.41, 5.74) is 2.16. The number of phenolic OH excluding ortho intramolecular Hbond substituents is 2. The molecule has 3 aromatic carbocycles. The molecule has 2 aliphatic carbocycles. The second-order valence-electron chi connectivity index (χ2n) is 19.6. The molecular formula is C52H64N6O18. The number of urea groups is 1. The summed E-state index contributed by atoms with van der Waals surface area (Å²) >= 11 is 0. The number of Topliss-reactive ketones (excluding diaryl/α,β-unsaturated/α-hetero) is 1. The second-order valence-corrected chi connectivity index (χ2v) is 19.6. The standard InChI is InChI=1S/C52H64N6O18/c1-26(9-8-16-54-49(53)65)46(64)55-29-14-12-28(13-15-29)24-72-50(66)56(3)17-18-57(4)51(67)73-25-35(59)52(68)22-31-38(44(63)40-39(42(31)61)41(60)30-10-7-11-33(69-5)37(30)43(40)62)34(23-52)75-36-21-32-45(27(2)74-36)76-47-48(70-6)71-20-19-58(32)47/h7,10-15,26-27,32,34,36,45,47-48,61,63,68H,8-9,16-25H2,1-6H3,(H,55,64)(H3,53,54,65)/t26-,27-,32-,34-,36-,45+,47+,48-,52-/m0/s1. The third-order valence-electron chi connectivity index (χ3n) is 14.6. The molecule has 8 rings (SSSR count). The first-order chi connectivity index (χ1) is 36.2. The van der Waals surface area contributed by atoms with Crippen molar-refractivity contribution in [2.24, 2.45) is 11.7 Å². The highest BCUT2D eigenvalue weighted by atomic mass is 16.7. The number of nitrogens with two attached hydrogens (primary N) is 1. The second kappa shape index (κ2) is 23.1. The monoisotopic (exact) mass is 1060 g/mol. The van der Waals surface area contributed by atoms with E-state index in [0.717, 1.165) is 4.90 Å². The van der Waals surface area contributed by atoms with Crippen LogP contribution in [0.4, 0.5) is 20.1 Å². The summed E-state index contributed by atoms with van der Waals surface area (Å²) < 4.78 is 46.7. The quantitative estimate of drug-likeness (QED) is 0.0616. The number of aliphatic hydroxyl groups is 1. The Morgan fingerprint density at radius 3 is 2.32 bits per heavy atom. The van der Waals surface area contributed by atoms with Crippen LogP contribution in [0.3, 0.4) is 0 Å². The largest absolute Gasteiger partial charge is 0.507 e. The fourth-order valence-electron chi connectivity index (χ4n) is 10.4. The van der Waals surface area contributed by atoms with Crippen LogP contribution >= 0.6 is 0 Å². The zero-order valence-corrected chi connectivity index (χ0v) is 43.0. The number of primary amides is 1. The summed E-state index contributed by atoms with van der Waals surface area (Å²) in [4.78, 5) is 96.6. The number of rotatable bonds is 18. The zero-order valence-electron chi connectivity index (χ0n) is 43.0. The Labute approximate surface area is 437 Å². The number of aromatic hydroxyl groups is 2. The van der Waals surface area contributed by atoms with Gasteiger partial charge in [0, 0.05) is 101 Å². The number of phenols is 2. The predicted molar refractivity (Wildman–Crippen MR) is 264 cm³/mol. The third kappa shape index (κ3) is 11.3. The fourth-order valence-corrected chi connectivity index (χ4v) is 10.4. The average Bonchev–Trinajstić information content (AvgIpc) is 3.82. The zero-order chi connectivity index (χ0) is 54.7. The summed E-state index contributed by atoms with van der Waals surface area (Å²) in [6.07, 6.45) is -6.31. The number of ketones is 3. The molecule has 0 spiro atoms. The molecular weight excluding hydrogens is 997 g/mol. The van der Waals surface area contributed by atoms with Crippen LogP contribution in [0.5, 0.6) is 17.2 Å². The lowest BCUT2D eigenvalue weighted by Crippen LogP contribution is -2.55. The number of likely N-dealkylation sites (N-methyl/N-ethyl adjacent to an activating group) is 2. The van der Waals surface area contributed by atoms with Crippen LogP contribution in [0.25, 0.3) is 0 Å². The van der Waals surface area contributed by atoms with Crippen molar-refractivity contribution in [3.8, 4) is 17.2 Å². The van der Waals surface area contributed by atoms with Crippen LogP contribution in [0.2, 0.25) is 0 Å². The van der Waals surface area contributed by atoms with Crippen LogP contribution in [0.1, 0.15) is 94.2 Å². The normalized spacial score (nSPS) is 24.9. The number of morpholine rings is 1. The fraction of sp³-hybridized carbons (Fsp3) is 0.519. The molecule has 5 amide bonds. The van der Waals surface area contributed by atoms with Gasteiger partial charge in [0.2, 0.25) is 17.5 Å². The molecule has 3 saturated heterocycles. The van der Waals surface area contributed by atoms with E-state index in [9.17, 15) is 48.9 Å². The number of methoxy groups -OCH3 is 2. The molecule has 410 valence electrons. The lowest BCUT2D eigenvalue weighted by Gasteiger charge is -2.43. The molecule has 76 heavy (non-hydrogen) atoms. The van der Waals surface area contributed by atoms with Crippen LogP contribution < -0.4 is 21.1 Å². The molecule has 3 heterocycles. The smallest absolute Gasteiger partial charge is 0.409 e. The number of carbonyl (C=O) groups is 7. The van der Waals surface area contributed by atoms with Crippen molar-refractivity contribution in [2.45, 2.75) is 101 Å². The lowest BCUT2D eigenvalue weighted by molar-refractivity contribution is -0.256. The van der Waals surface area contributed by atoms with Gasteiger partial charge in [0.15, 0.2) is 31.2 Å². The Morgan fingerprint density at radius 1 is 0.934 bits per heavy atom. The first kappa shape index (κ1) is 55.3. The van der Waals surface area contributed by atoms with Gasteiger partial charge >= 0.3 is 18.2 Å². The highest BCUT2D eigenvalue weighted by Gasteiger charge is 2.55. The van der Waals surface area contributed by atoms with Gasteiger partial charge in [-0.25, -0.2) is 14.4 Å². The Kier molecular flexibility index (Phi) is 16.8. The molecule has 24 heteroatoms. The Hall–Kier alpha value is -6.93. The van der Waals surface area contributed by atoms with Crippen LogP contribution in [-0.4, -0.2) is 182 Å². The molecule has 24 nitrogen and oxygen atoms in total. The predicted octanol–water partition coefficient (Wildman–Crippen LogP) is 3.08. The number of anilines is 1. The number of fused-ring (bicyclic) bond motifs is 6. The van der Waals surface area contributed by atoms with E-state index in [1.807, 2.05) is 0 Å². The molecule has 9 atom stereocenters. The van der Waals surface area contributed by atoms with Crippen molar-refractivity contribution >= 4 is 47.2 Å². The number of hydrogen-bond donors (Lipinski definition) is 6. The Balaban J connectivity index is 0.910. The van der Waals surface area contributed by atoms with Gasteiger partial charge in [0.1, 0.15) is 35.6 Å². The summed E-state index contributed by atoms with van der Waals surface area (Å²) in [6, 6.07) is 10.2. The highest BCUT2D eigenvalue weighted by Crippen LogP contribution is 2.53. The number of ether oxygens (including phenoxy) is 8. The molecule has 3 aliphatic heterocycles. The van der Waals surface area contributed by atoms with Gasteiger partial charge in [0.25, 0.3) is 0 Å². The first-order valence-corrected chi connectivity index (χ1v) is 24.9. The van der Waals surface area contributed by atoms with E-state index in [4.69, 9.17) is 43.6 Å². The van der Waals surface area contributed by atoms with Gasteiger partial charge in [-0.05, 0) is 43.5 Å².